The molecule has 2 atom stereocenters. The highest BCUT2D eigenvalue weighted by molar-refractivity contribution is 6.04. The van der Waals surface area contributed by atoms with Gasteiger partial charge in [0.15, 0.2) is 5.78 Å². The predicted molar refractivity (Wildman–Crippen MR) is 95.1 cm³/mol. The van der Waals surface area contributed by atoms with Crippen molar-refractivity contribution in [2.45, 2.75) is 32.7 Å². The maximum absolute atomic E-state index is 12.2. The lowest BCUT2D eigenvalue weighted by Gasteiger charge is -2.34. The van der Waals surface area contributed by atoms with Crippen LogP contribution >= 0.6 is 12.4 Å². The molecule has 1 aromatic carbocycles. The minimum Gasteiger partial charge on any atom is -0.328 e. The molecular weight excluding hydrogens is 314 g/mol. The minimum atomic E-state index is -0.0842. The summed E-state index contributed by atoms with van der Waals surface area (Å²) in [5.41, 5.74) is 7.10. The second-order valence-electron chi connectivity index (χ2n) is 6.15. The van der Waals surface area contributed by atoms with Crippen molar-refractivity contribution in [3.8, 4) is 0 Å². The molecule has 0 spiro atoms. The second-order valence-corrected chi connectivity index (χ2v) is 6.15. The van der Waals surface area contributed by atoms with Gasteiger partial charge in [0.2, 0.25) is 5.91 Å². The zero-order chi connectivity index (χ0) is 16.1. The number of carbonyl (C=O) groups is 2. The number of carbonyl (C=O) groups excluding carboxylic acids is 2. The number of nitrogens with two attached hydrogens (primary N) is 1. The van der Waals surface area contributed by atoms with Crippen molar-refractivity contribution in [1.82, 2.24) is 4.90 Å². The number of hydrogen-bond acceptors (Lipinski definition) is 4. The molecule has 1 aliphatic heterocycles. The van der Waals surface area contributed by atoms with Gasteiger partial charge < -0.3 is 11.1 Å². The number of piperidine rings is 1. The fourth-order valence-corrected chi connectivity index (χ4v) is 2.96. The Balaban J connectivity index is 0.00000264. The predicted octanol–water partition coefficient (Wildman–Crippen LogP) is 2.31. The lowest BCUT2D eigenvalue weighted by atomic mass is 9.92. The van der Waals surface area contributed by atoms with Gasteiger partial charge in [-0.15, -0.1) is 12.4 Å². The lowest BCUT2D eigenvalue weighted by Crippen LogP contribution is -2.45. The minimum absolute atomic E-state index is 0. The largest absolute Gasteiger partial charge is 0.328 e. The number of halogens is 1. The molecule has 0 aliphatic carbocycles. The van der Waals surface area contributed by atoms with E-state index in [1.165, 1.54) is 6.92 Å². The molecule has 1 aromatic rings. The molecule has 0 saturated carbocycles. The first-order valence-corrected chi connectivity index (χ1v) is 7.85. The molecule has 0 bridgehead atoms. The smallest absolute Gasteiger partial charge is 0.238 e. The van der Waals surface area contributed by atoms with Crippen LogP contribution < -0.4 is 11.1 Å². The Morgan fingerprint density at radius 3 is 2.74 bits per heavy atom. The highest BCUT2D eigenvalue weighted by Crippen LogP contribution is 2.19. The number of Topliss-reactive ketones (excluding diaryl/α,β-unsaturated/α-hetero) is 1. The number of ketones is 1. The average molecular weight is 340 g/mol. The molecule has 1 saturated heterocycles. The fraction of sp³-hybridized carbons (Fsp3) is 0.529. The molecule has 0 aromatic heterocycles. The maximum atomic E-state index is 12.2. The molecule has 2 rings (SSSR count). The summed E-state index contributed by atoms with van der Waals surface area (Å²) in [5.74, 6) is 0.316. The molecule has 3 N–H and O–H groups in total. The zero-order valence-corrected chi connectivity index (χ0v) is 14.6. The number of para-hydroxylation sites is 1. The molecule has 1 amide bonds. The van der Waals surface area contributed by atoms with E-state index in [4.69, 9.17) is 5.73 Å². The fourth-order valence-electron chi connectivity index (χ4n) is 2.96. The maximum Gasteiger partial charge on any atom is 0.238 e. The highest BCUT2D eigenvalue weighted by Gasteiger charge is 2.24. The normalized spacial score (nSPS) is 19.5. The van der Waals surface area contributed by atoms with Crippen LogP contribution in [0.2, 0.25) is 0 Å². The van der Waals surface area contributed by atoms with Gasteiger partial charge in [-0.1, -0.05) is 12.1 Å². The number of nitrogens with zero attached hydrogens (tertiary/aromatic N) is 1. The number of benzene rings is 1. The van der Waals surface area contributed by atoms with Crippen LogP contribution in [0.5, 0.6) is 0 Å². The number of anilines is 1. The molecule has 128 valence electrons. The molecule has 5 nitrogen and oxygen atoms in total. The Labute approximate surface area is 144 Å². The van der Waals surface area contributed by atoms with Crippen LogP contribution in [0.1, 0.15) is 37.0 Å². The van der Waals surface area contributed by atoms with Crippen LogP contribution in [0, 0.1) is 5.92 Å². The van der Waals surface area contributed by atoms with Crippen molar-refractivity contribution in [3.63, 3.8) is 0 Å². The molecule has 2 unspecified atom stereocenters. The number of hydrogen-bond donors (Lipinski definition) is 2. The summed E-state index contributed by atoms with van der Waals surface area (Å²) in [6.45, 7) is 5.65. The number of rotatable bonds is 5. The van der Waals surface area contributed by atoms with Gasteiger partial charge >= 0.3 is 0 Å². The number of likely N-dealkylation sites (tertiary alicyclic amines) is 1. The van der Waals surface area contributed by atoms with Gasteiger partial charge in [-0.25, -0.2) is 0 Å². The summed E-state index contributed by atoms with van der Waals surface area (Å²) in [6.07, 6.45) is 2.20. The third-order valence-electron chi connectivity index (χ3n) is 4.23. The van der Waals surface area contributed by atoms with Crippen LogP contribution in [-0.4, -0.2) is 42.3 Å². The first-order chi connectivity index (χ1) is 10.5. The summed E-state index contributed by atoms with van der Waals surface area (Å²) in [5, 5.41) is 2.85. The molecule has 1 fully saturated rings. The van der Waals surface area contributed by atoms with Gasteiger partial charge in [0.25, 0.3) is 0 Å². The number of nitrogens with one attached hydrogen (secondary N) is 1. The Kier molecular flexibility index (Phi) is 7.68. The van der Waals surface area contributed by atoms with Crippen LogP contribution in [0.3, 0.4) is 0 Å². The summed E-state index contributed by atoms with van der Waals surface area (Å²) in [4.78, 5) is 26.0. The van der Waals surface area contributed by atoms with Crippen LogP contribution in [0.25, 0.3) is 0 Å². The monoisotopic (exact) mass is 339 g/mol. The lowest BCUT2D eigenvalue weighted by molar-refractivity contribution is -0.117. The van der Waals surface area contributed by atoms with E-state index < -0.39 is 0 Å². The summed E-state index contributed by atoms with van der Waals surface area (Å²) in [7, 11) is 0. The van der Waals surface area contributed by atoms with Gasteiger partial charge in [0.1, 0.15) is 0 Å². The molecule has 6 heteroatoms. The third-order valence-corrected chi connectivity index (χ3v) is 4.23. The van der Waals surface area contributed by atoms with E-state index in [1.807, 2.05) is 13.0 Å². The summed E-state index contributed by atoms with van der Waals surface area (Å²) < 4.78 is 0. The van der Waals surface area contributed by atoms with Crippen LogP contribution in [0.15, 0.2) is 24.3 Å². The average Bonchev–Trinajstić information content (AvgIpc) is 2.47. The standard InChI is InChI=1S/C17H25N3O2.ClH/c1-12(18)14-6-5-9-20(10-14)11-17(22)19-16-8-4-3-7-15(16)13(2)21;/h3-4,7-8,12,14H,5-6,9-11,18H2,1-2H3,(H,19,22);1H. The molecular formula is C17H26ClN3O2. The van der Waals surface area contributed by atoms with Gasteiger partial charge in [0.05, 0.1) is 12.2 Å². The Morgan fingerprint density at radius 2 is 2.09 bits per heavy atom. The van der Waals surface area contributed by atoms with Crippen molar-refractivity contribution >= 4 is 29.8 Å². The van der Waals surface area contributed by atoms with E-state index in [9.17, 15) is 9.59 Å². The van der Waals surface area contributed by atoms with Gasteiger partial charge in [-0.2, -0.15) is 0 Å². The van der Waals surface area contributed by atoms with Gasteiger partial charge in [0, 0.05) is 18.2 Å². The molecule has 23 heavy (non-hydrogen) atoms. The van der Waals surface area contributed by atoms with Gasteiger partial charge in [-0.3, -0.25) is 14.5 Å². The summed E-state index contributed by atoms with van der Waals surface area (Å²) in [6, 6.07) is 7.25. The van der Waals surface area contributed by atoms with E-state index in [0.29, 0.717) is 23.7 Å². The first-order valence-electron chi connectivity index (χ1n) is 7.85. The first kappa shape index (κ1) is 19.6. The highest BCUT2D eigenvalue weighted by atomic mass is 35.5. The zero-order valence-electron chi connectivity index (χ0n) is 13.7. The SMILES string of the molecule is CC(=O)c1ccccc1NC(=O)CN1CCCC(C(C)N)C1.Cl. The Morgan fingerprint density at radius 1 is 1.39 bits per heavy atom. The van der Waals surface area contributed by atoms with E-state index in [2.05, 4.69) is 10.2 Å². The Hall–Kier alpha value is -1.43. The van der Waals surface area contributed by atoms with Crippen molar-refractivity contribution in [1.29, 1.82) is 0 Å². The molecule has 1 aliphatic rings. The number of amides is 1. The second kappa shape index (κ2) is 9.01. The van der Waals surface area contributed by atoms with Crippen molar-refractivity contribution in [2.24, 2.45) is 11.7 Å². The quantitative estimate of drug-likeness (QED) is 0.807. The van der Waals surface area contributed by atoms with E-state index in [0.717, 1.165) is 25.9 Å². The van der Waals surface area contributed by atoms with E-state index >= 15 is 0 Å². The molecule has 1 heterocycles. The van der Waals surface area contributed by atoms with Crippen molar-refractivity contribution in [2.75, 3.05) is 25.0 Å². The van der Waals surface area contributed by atoms with Gasteiger partial charge in [-0.05, 0) is 51.3 Å². The van der Waals surface area contributed by atoms with Crippen molar-refractivity contribution < 1.29 is 9.59 Å². The summed E-state index contributed by atoms with van der Waals surface area (Å²) >= 11 is 0. The third kappa shape index (κ3) is 5.61. The molecule has 0 radical (unpaired) electrons. The Bertz CT molecular complexity index is 548. The van der Waals surface area contributed by atoms with Crippen LogP contribution in [-0.2, 0) is 4.79 Å². The topological polar surface area (TPSA) is 75.4 Å². The van der Waals surface area contributed by atoms with E-state index in [-0.39, 0.29) is 30.1 Å². The van der Waals surface area contributed by atoms with E-state index in [1.54, 1.807) is 18.2 Å². The van der Waals surface area contributed by atoms with Crippen LogP contribution in [0.4, 0.5) is 5.69 Å². The van der Waals surface area contributed by atoms with Crippen molar-refractivity contribution in [3.05, 3.63) is 29.8 Å².